The Kier molecular flexibility index (Phi) is 1.89. The maximum absolute atomic E-state index is 11.5. The quantitative estimate of drug-likeness (QED) is 0.578. The summed E-state index contributed by atoms with van der Waals surface area (Å²) in [7, 11) is 0. The number of nitrogens with zero attached hydrogens (tertiary/aromatic N) is 1. The summed E-state index contributed by atoms with van der Waals surface area (Å²) in [5.41, 5.74) is 1.97. The molecule has 1 aliphatic heterocycles. The van der Waals surface area contributed by atoms with Crippen LogP contribution in [-0.2, 0) is 4.79 Å². The third kappa shape index (κ3) is 1.14. The first-order chi connectivity index (χ1) is 5.79. The number of hydrogen-bond donors (Lipinski definition) is 0. The van der Waals surface area contributed by atoms with E-state index in [-0.39, 0.29) is 5.91 Å². The smallest absolute Gasteiger partial charge is 0.264 e. The van der Waals surface area contributed by atoms with Crippen LogP contribution in [0.4, 0.5) is 0 Å². The first-order valence-corrected chi connectivity index (χ1v) is 4.54. The van der Waals surface area contributed by atoms with Gasteiger partial charge in [-0.15, -0.1) is 0 Å². The molecule has 0 aromatic heterocycles. The van der Waals surface area contributed by atoms with Crippen molar-refractivity contribution in [1.29, 1.82) is 0 Å². The van der Waals surface area contributed by atoms with Crippen LogP contribution in [0.3, 0.4) is 0 Å². The molecule has 2 rings (SSSR count). The molecule has 3 heteroatoms. The number of hydrogen-bond acceptors (Lipinski definition) is 1. The Morgan fingerprint density at radius 1 is 1.50 bits per heavy atom. The van der Waals surface area contributed by atoms with Crippen LogP contribution >= 0.6 is 16.1 Å². The van der Waals surface area contributed by atoms with Crippen molar-refractivity contribution in [3.8, 4) is 0 Å². The SMILES string of the molecule is O=C1C2=CC=CCC2=CCN1Br. The molecule has 2 aliphatic rings. The fourth-order valence-corrected chi connectivity index (χ4v) is 1.72. The zero-order valence-corrected chi connectivity index (χ0v) is 8.04. The number of rotatable bonds is 0. The number of fused-ring (bicyclic) bond motifs is 1. The number of carbonyl (C=O) groups excluding carboxylic acids is 1. The molecule has 1 amide bonds. The fraction of sp³-hybridized carbons (Fsp3) is 0.222. The zero-order chi connectivity index (χ0) is 8.55. The molecule has 0 aromatic carbocycles. The zero-order valence-electron chi connectivity index (χ0n) is 6.46. The Morgan fingerprint density at radius 2 is 2.33 bits per heavy atom. The highest BCUT2D eigenvalue weighted by molar-refractivity contribution is 9.07. The van der Waals surface area contributed by atoms with Gasteiger partial charge >= 0.3 is 0 Å². The lowest BCUT2D eigenvalue weighted by molar-refractivity contribution is -0.121. The largest absolute Gasteiger partial charge is 0.271 e. The van der Waals surface area contributed by atoms with E-state index >= 15 is 0 Å². The lowest BCUT2D eigenvalue weighted by atomic mass is 9.95. The van der Waals surface area contributed by atoms with Gasteiger partial charge in [0.25, 0.3) is 5.91 Å². The predicted molar refractivity (Wildman–Crippen MR) is 50.6 cm³/mol. The normalized spacial score (nSPS) is 21.8. The monoisotopic (exact) mass is 225 g/mol. The highest BCUT2D eigenvalue weighted by Crippen LogP contribution is 2.26. The molecule has 62 valence electrons. The second kappa shape index (κ2) is 2.90. The maximum Gasteiger partial charge on any atom is 0.264 e. The summed E-state index contributed by atoms with van der Waals surface area (Å²) in [5, 5.41) is 0. The van der Waals surface area contributed by atoms with Crippen LogP contribution in [0.25, 0.3) is 0 Å². The minimum absolute atomic E-state index is 0.0665. The molecule has 0 spiro atoms. The summed E-state index contributed by atoms with van der Waals surface area (Å²) < 4.78 is 1.54. The van der Waals surface area contributed by atoms with Crippen molar-refractivity contribution < 1.29 is 4.79 Å². The second-order valence-electron chi connectivity index (χ2n) is 2.79. The van der Waals surface area contributed by atoms with Gasteiger partial charge in [-0.3, -0.25) is 8.72 Å². The number of halogens is 1. The van der Waals surface area contributed by atoms with E-state index in [0.717, 1.165) is 17.6 Å². The summed E-state index contributed by atoms with van der Waals surface area (Å²) in [6.07, 6.45) is 8.82. The van der Waals surface area contributed by atoms with E-state index in [1.807, 2.05) is 12.2 Å². The summed E-state index contributed by atoms with van der Waals surface area (Å²) in [5.74, 6) is 0.0665. The predicted octanol–water partition coefficient (Wildman–Crippen LogP) is 1.95. The van der Waals surface area contributed by atoms with Crippen LogP contribution in [0.15, 0.2) is 35.5 Å². The first-order valence-electron chi connectivity index (χ1n) is 3.83. The number of carbonyl (C=O) groups is 1. The van der Waals surface area contributed by atoms with Crippen LogP contribution in [0, 0.1) is 0 Å². The van der Waals surface area contributed by atoms with E-state index in [4.69, 9.17) is 0 Å². The van der Waals surface area contributed by atoms with Crippen molar-refractivity contribution in [2.45, 2.75) is 6.42 Å². The molecule has 1 aliphatic carbocycles. The van der Waals surface area contributed by atoms with Crippen molar-refractivity contribution in [3.63, 3.8) is 0 Å². The van der Waals surface area contributed by atoms with E-state index in [1.54, 1.807) is 3.93 Å². The Morgan fingerprint density at radius 3 is 3.17 bits per heavy atom. The van der Waals surface area contributed by atoms with E-state index in [0.29, 0.717) is 6.54 Å². The number of allylic oxidation sites excluding steroid dienone is 3. The van der Waals surface area contributed by atoms with Crippen LogP contribution < -0.4 is 0 Å². The highest BCUT2D eigenvalue weighted by Gasteiger charge is 2.23. The minimum Gasteiger partial charge on any atom is -0.271 e. The van der Waals surface area contributed by atoms with E-state index in [9.17, 15) is 4.79 Å². The average Bonchev–Trinajstić information content (AvgIpc) is 2.12. The molecule has 0 atom stereocenters. The maximum atomic E-state index is 11.5. The molecule has 0 fully saturated rings. The lowest BCUT2D eigenvalue weighted by Gasteiger charge is -2.23. The van der Waals surface area contributed by atoms with Crippen LogP contribution in [-0.4, -0.2) is 16.4 Å². The van der Waals surface area contributed by atoms with Crippen LogP contribution in [0.2, 0.25) is 0 Å². The van der Waals surface area contributed by atoms with Gasteiger partial charge in [0.2, 0.25) is 0 Å². The summed E-state index contributed by atoms with van der Waals surface area (Å²) in [6.45, 7) is 0.666. The molecule has 2 nitrogen and oxygen atoms in total. The molecule has 0 saturated heterocycles. The number of amides is 1. The fourth-order valence-electron chi connectivity index (χ4n) is 1.38. The van der Waals surface area contributed by atoms with Gasteiger partial charge in [0.15, 0.2) is 0 Å². The second-order valence-corrected chi connectivity index (χ2v) is 3.65. The Labute approximate surface area is 79.6 Å². The van der Waals surface area contributed by atoms with Crippen molar-refractivity contribution in [1.82, 2.24) is 3.93 Å². The van der Waals surface area contributed by atoms with Crippen molar-refractivity contribution in [2.75, 3.05) is 6.54 Å². The Hall–Kier alpha value is -0.830. The molecule has 0 radical (unpaired) electrons. The Bertz CT molecular complexity index is 314. The lowest BCUT2D eigenvalue weighted by Crippen LogP contribution is -2.28. The molecular formula is C9H8BrNO. The van der Waals surface area contributed by atoms with Gasteiger partial charge in [0.1, 0.15) is 0 Å². The summed E-state index contributed by atoms with van der Waals surface area (Å²) in [4.78, 5) is 11.5. The molecule has 12 heavy (non-hydrogen) atoms. The van der Waals surface area contributed by atoms with Crippen molar-refractivity contribution in [2.24, 2.45) is 0 Å². The molecule has 0 bridgehead atoms. The van der Waals surface area contributed by atoms with E-state index < -0.39 is 0 Å². The first kappa shape index (κ1) is 7.80. The summed E-state index contributed by atoms with van der Waals surface area (Å²) >= 11 is 3.19. The highest BCUT2D eigenvalue weighted by atomic mass is 79.9. The summed E-state index contributed by atoms with van der Waals surface area (Å²) in [6, 6.07) is 0. The molecule has 0 N–H and O–H groups in total. The third-order valence-electron chi connectivity index (χ3n) is 2.03. The van der Waals surface area contributed by atoms with Gasteiger partial charge in [0, 0.05) is 5.57 Å². The van der Waals surface area contributed by atoms with Gasteiger partial charge in [-0.25, -0.2) is 0 Å². The van der Waals surface area contributed by atoms with Crippen LogP contribution in [0.1, 0.15) is 6.42 Å². The standard InChI is InChI=1S/C9H8BrNO/c10-11-6-5-7-3-1-2-4-8(7)9(11)12/h1-2,4-5H,3,6H2. The Balaban J connectivity index is 2.42. The van der Waals surface area contributed by atoms with Gasteiger partial charge < -0.3 is 0 Å². The van der Waals surface area contributed by atoms with Gasteiger partial charge in [-0.1, -0.05) is 18.2 Å². The topological polar surface area (TPSA) is 20.3 Å². The molecule has 1 heterocycles. The van der Waals surface area contributed by atoms with Crippen molar-refractivity contribution in [3.05, 3.63) is 35.5 Å². The molecule has 0 saturated carbocycles. The van der Waals surface area contributed by atoms with E-state index in [1.165, 1.54) is 0 Å². The van der Waals surface area contributed by atoms with Crippen molar-refractivity contribution >= 4 is 22.1 Å². The molecule has 0 unspecified atom stereocenters. The molecular weight excluding hydrogens is 218 g/mol. The van der Waals surface area contributed by atoms with Gasteiger partial charge in [0.05, 0.1) is 22.7 Å². The van der Waals surface area contributed by atoms with Gasteiger partial charge in [-0.2, -0.15) is 0 Å². The van der Waals surface area contributed by atoms with Gasteiger partial charge in [-0.05, 0) is 18.1 Å². The average molecular weight is 226 g/mol. The minimum atomic E-state index is 0.0665. The molecule has 0 aromatic rings. The van der Waals surface area contributed by atoms with Crippen LogP contribution in [0.5, 0.6) is 0 Å². The third-order valence-corrected chi connectivity index (χ3v) is 2.64. The van der Waals surface area contributed by atoms with E-state index in [2.05, 4.69) is 28.3 Å².